The number of pyridine rings is 1. The minimum absolute atomic E-state index is 0.365. The van der Waals surface area contributed by atoms with Crippen molar-refractivity contribution in [2.24, 2.45) is 5.92 Å². The Morgan fingerprint density at radius 3 is 2.68 bits per heavy atom. The summed E-state index contributed by atoms with van der Waals surface area (Å²) >= 11 is 1.58. The van der Waals surface area contributed by atoms with Crippen LogP contribution in [0.2, 0.25) is 0 Å². The molecule has 0 aliphatic carbocycles. The summed E-state index contributed by atoms with van der Waals surface area (Å²) in [5, 5.41) is 12.2. The summed E-state index contributed by atoms with van der Waals surface area (Å²) in [5.74, 6) is 1.18. The normalized spacial score (nSPS) is 15.8. The molecule has 0 aromatic carbocycles. The van der Waals surface area contributed by atoms with Crippen LogP contribution >= 0.6 is 11.8 Å². The summed E-state index contributed by atoms with van der Waals surface area (Å²) in [6.45, 7) is 7.85. The van der Waals surface area contributed by atoms with Crippen molar-refractivity contribution in [3.63, 3.8) is 0 Å². The molecule has 0 atom stereocenters. The fourth-order valence-corrected chi connectivity index (χ4v) is 3.17. The Labute approximate surface area is 153 Å². The lowest BCUT2D eigenvalue weighted by Gasteiger charge is -2.33. The first-order valence-corrected chi connectivity index (χ1v) is 9.71. The van der Waals surface area contributed by atoms with Gasteiger partial charge in [0, 0.05) is 30.7 Å². The van der Waals surface area contributed by atoms with E-state index in [2.05, 4.69) is 20.7 Å². The summed E-state index contributed by atoms with van der Waals surface area (Å²) in [6, 6.07) is 1.89. The van der Waals surface area contributed by atoms with E-state index in [0.717, 1.165) is 36.6 Å². The van der Waals surface area contributed by atoms with Crippen molar-refractivity contribution < 1.29 is 14.7 Å². The van der Waals surface area contributed by atoms with E-state index in [4.69, 9.17) is 4.74 Å². The first-order valence-electron chi connectivity index (χ1n) is 8.48. The predicted octanol–water partition coefficient (Wildman–Crippen LogP) is 3.35. The Bertz CT molecular complexity index is 584. The number of nitrogens with one attached hydrogen (secondary N) is 2. The van der Waals surface area contributed by atoms with Gasteiger partial charge in [0.05, 0.1) is 0 Å². The summed E-state index contributed by atoms with van der Waals surface area (Å²) in [5.41, 5.74) is 2.40. The number of hydrogen-bond acceptors (Lipinski definition) is 7. The maximum atomic E-state index is 11.7. The summed E-state index contributed by atoms with van der Waals surface area (Å²) in [4.78, 5) is 19.4. The van der Waals surface area contributed by atoms with Crippen LogP contribution in [-0.4, -0.2) is 47.8 Å². The van der Waals surface area contributed by atoms with Crippen LogP contribution in [0.5, 0.6) is 0 Å². The summed E-state index contributed by atoms with van der Waals surface area (Å²) < 4.78 is 5.26. The molecule has 1 amide bonds. The van der Waals surface area contributed by atoms with Crippen molar-refractivity contribution in [1.29, 1.82) is 0 Å². The molecule has 7 nitrogen and oxygen atoms in total. The van der Waals surface area contributed by atoms with Crippen LogP contribution in [0.15, 0.2) is 17.2 Å². The van der Waals surface area contributed by atoms with Gasteiger partial charge in [-0.1, -0.05) is 0 Å². The summed E-state index contributed by atoms with van der Waals surface area (Å²) in [7, 11) is 0. The van der Waals surface area contributed by atoms with Gasteiger partial charge in [-0.15, -0.1) is 11.8 Å². The molecule has 8 heteroatoms. The zero-order valence-electron chi connectivity index (χ0n) is 15.3. The Balaban J connectivity index is 1.84. The number of aromatic nitrogens is 1. The second-order valence-electron chi connectivity index (χ2n) is 7.17. The smallest absolute Gasteiger partial charge is 0.407 e. The van der Waals surface area contributed by atoms with E-state index in [0.29, 0.717) is 18.2 Å². The number of rotatable bonds is 5. The molecule has 1 aromatic rings. The van der Waals surface area contributed by atoms with Crippen molar-refractivity contribution in [2.75, 3.05) is 36.3 Å². The van der Waals surface area contributed by atoms with Crippen molar-refractivity contribution in [3.8, 4) is 0 Å². The van der Waals surface area contributed by atoms with E-state index < -0.39 is 5.60 Å². The molecule has 0 saturated carbocycles. The first-order chi connectivity index (χ1) is 11.8. The topological polar surface area (TPSA) is 86.7 Å². The van der Waals surface area contributed by atoms with Gasteiger partial charge in [-0.2, -0.15) is 0 Å². The van der Waals surface area contributed by atoms with Gasteiger partial charge in [0.2, 0.25) is 0 Å². The number of thioether (sulfide) groups is 1. The molecule has 2 heterocycles. The fraction of sp³-hybridized carbons (Fsp3) is 0.647. The number of carbonyl (C=O) groups is 1. The molecular formula is C17H28N4O3S. The quantitative estimate of drug-likeness (QED) is 0.543. The van der Waals surface area contributed by atoms with Crippen LogP contribution in [0.25, 0.3) is 0 Å². The van der Waals surface area contributed by atoms with Gasteiger partial charge >= 0.3 is 6.09 Å². The second kappa shape index (κ2) is 8.62. The highest BCUT2D eigenvalue weighted by Gasteiger charge is 2.23. The number of ether oxygens (including phenoxy) is 1. The standard InChI is InChI=1S/C17H28N4O3S/c1-17(2,3)24-16(22)19-10-12-5-7-21(8-6-12)15-14(20-23)9-13(25-4)11-18-15/h9,11-12,20,23H,5-8,10H2,1-4H3,(H,19,22). The fourth-order valence-electron chi connectivity index (χ4n) is 2.78. The number of carbonyl (C=O) groups excluding carboxylic acids is 1. The molecule has 0 radical (unpaired) electrons. The number of amides is 1. The zero-order valence-corrected chi connectivity index (χ0v) is 16.2. The Morgan fingerprint density at radius 1 is 1.44 bits per heavy atom. The molecule has 0 unspecified atom stereocenters. The van der Waals surface area contributed by atoms with Gasteiger partial charge in [0.15, 0.2) is 5.82 Å². The number of hydrogen-bond donors (Lipinski definition) is 3. The summed E-state index contributed by atoms with van der Waals surface area (Å²) in [6.07, 6.45) is 5.33. The highest BCUT2D eigenvalue weighted by molar-refractivity contribution is 7.98. The van der Waals surface area contributed by atoms with Crippen LogP contribution in [0, 0.1) is 5.92 Å². The van der Waals surface area contributed by atoms with Gasteiger partial charge < -0.3 is 15.0 Å². The Kier molecular flexibility index (Phi) is 6.78. The van der Waals surface area contributed by atoms with E-state index in [9.17, 15) is 10.0 Å². The average molecular weight is 369 g/mol. The van der Waals surface area contributed by atoms with E-state index in [1.54, 1.807) is 11.8 Å². The second-order valence-corrected chi connectivity index (χ2v) is 8.05. The maximum Gasteiger partial charge on any atom is 0.407 e. The van der Waals surface area contributed by atoms with Gasteiger partial charge in [-0.3, -0.25) is 10.7 Å². The largest absolute Gasteiger partial charge is 0.444 e. The van der Waals surface area contributed by atoms with E-state index in [-0.39, 0.29) is 6.09 Å². The third-order valence-electron chi connectivity index (χ3n) is 4.05. The molecule has 140 valence electrons. The highest BCUT2D eigenvalue weighted by atomic mass is 32.2. The van der Waals surface area contributed by atoms with Gasteiger partial charge in [-0.25, -0.2) is 9.78 Å². The SMILES string of the molecule is CSc1cnc(N2CCC(CNC(=O)OC(C)(C)C)CC2)c(NO)c1. The lowest BCUT2D eigenvalue weighted by atomic mass is 9.97. The average Bonchev–Trinajstić information content (AvgIpc) is 2.58. The van der Waals surface area contributed by atoms with E-state index in [1.165, 1.54) is 0 Å². The number of piperidine rings is 1. The minimum Gasteiger partial charge on any atom is -0.444 e. The monoisotopic (exact) mass is 368 g/mol. The molecule has 2 rings (SSSR count). The molecule has 3 N–H and O–H groups in total. The first kappa shape index (κ1) is 19.7. The molecule has 0 bridgehead atoms. The number of anilines is 2. The van der Waals surface area contributed by atoms with E-state index in [1.807, 2.05) is 39.3 Å². The van der Waals surface area contributed by atoms with Crippen LogP contribution in [0.3, 0.4) is 0 Å². The van der Waals surface area contributed by atoms with Crippen LogP contribution < -0.4 is 15.7 Å². The Morgan fingerprint density at radius 2 is 2.12 bits per heavy atom. The third-order valence-corrected chi connectivity index (χ3v) is 4.74. The molecule has 1 fully saturated rings. The molecule has 25 heavy (non-hydrogen) atoms. The number of nitrogens with zero attached hydrogens (tertiary/aromatic N) is 2. The predicted molar refractivity (Wildman–Crippen MR) is 101 cm³/mol. The molecule has 1 aromatic heterocycles. The van der Waals surface area contributed by atoms with Crippen LogP contribution in [0.1, 0.15) is 33.6 Å². The highest BCUT2D eigenvalue weighted by Crippen LogP contribution is 2.30. The van der Waals surface area contributed by atoms with Gasteiger partial charge in [0.25, 0.3) is 0 Å². The molecule has 1 aliphatic rings. The Hall–Kier alpha value is -1.67. The van der Waals surface area contributed by atoms with Crippen molar-refractivity contribution in [3.05, 3.63) is 12.3 Å². The van der Waals surface area contributed by atoms with Crippen molar-refractivity contribution in [1.82, 2.24) is 10.3 Å². The van der Waals surface area contributed by atoms with E-state index >= 15 is 0 Å². The van der Waals surface area contributed by atoms with Crippen molar-refractivity contribution in [2.45, 2.75) is 44.1 Å². The van der Waals surface area contributed by atoms with Crippen LogP contribution in [-0.2, 0) is 4.74 Å². The van der Waals surface area contributed by atoms with Gasteiger partial charge in [-0.05, 0) is 51.9 Å². The molecular weight excluding hydrogens is 340 g/mol. The van der Waals surface area contributed by atoms with Crippen LogP contribution in [0.4, 0.5) is 16.3 Å². The lowest BCUT2D eigenvalue weighted by Crippen LogP contribution is -2.40. The molecule has 1 aliphatic heterocycles. The third kappa shape index (κ3) is 5.97. The van der Waals surface area contributed by atoms with Gasteiger partial charge in [0.1, 0.15) is 11.3 Å². The maximum absolute atomic E-state index is 11.7. The zero-order chi connectivity index (χ0) is 18.4. The number of alkyl carbamates (subject to hydrolysis) is 1. The molecule has 0 spiro atoms. The minimum atomic E-state index is -0.476. The molecule has 1 saturated heterocycles. The lowest BCUT2D eigenvalue weighted by molar-refractivity contribution is 0.0517. The van der Waals surface area contributed by atoms with Crippen molar-refractivity contribution >= 4 is 29.4 Å².